The summed E-state index contributed by atoms with van der Waals surface area (Å²) in [7, 11) is 0. The zero-order valence-corrected chi connectivity index (χ0v) is 18.7. The van der Waals surface area contributed by atoms with Crippen LogP contribution in [0.25, 0.3) is 11.1 Å². The molecule has 0 aliphatic carbocycles. The number of rotatable bonds is 5. The Kier molecular flexibility index (Phi) is 5.67. The SMILES string of the molecule is CCc1ccc(-c2cnc3c(c2)CC(c2cc(NC(=O)c4cnccn4)ccc2Cl)=N3)cc1. The lowest BCUT2D eigenvalue weighted by molar-refractivity contribution is 0.102. The van der Waals surface area contributed by atoms with Crippen LogP contribution in [0.1, 0.15) is 34.1 Å². The number of anilines is 1. The van der Waals surface area contributed by atoms with Crippen molar-refractivity contribution in [2.24, 2.45) is 4.99 Å². The van der Waals surface area contributed by atoms with E-state index in [0.717, 1.165) is 34.4 Å². The van der Waals surface area contributed by atoms with Crippen LogP contribution in [0.2, 0.25) is 5.02 Å². The topological polar surface area (TPSA) is 80.1 Å². The summed E-state index contributed by atoms with van der Waals surface area (Å²) >= 11 is 6.49. The van der Waals surface area contributed by atoms with Gasteiger partial charge in [-0.05, 0) is 41.8 Å². The van der Waals surface area contributed by atoms with Crippen LogP contribution in [0, 0.1) is 0 Å². The van der Waals surface area contributed by atoms with Crippen molar-refractivity contribution >= 4 is 34.7 Å². The maximum Gasteiger partial charge on any atom is 0.275 e. The van der Waals surface area contributed by atoms with Crippen molar-refractivity contribution in [3.05, 3.63) is 101 Å². The normalized spacial score (nSPS) is 12.2. The van der Waals surface area contributed by atoms with E-state index < -0.39 is 0 Å². The maximum atomic E-state index is 12.4. The molecule has 0 spiro atoms. The van der Waals surface area contributed by atoms with E-state index in [4.69, 9.17) is 16.6 Å². The number of aliphatic imine (C=N–C) groups is 1. The number of amides is 1. The van der Waals surface area contributed by atoms with Crippen molar-refractivity contribution < 1.29 is 4.79 Å². The number of benzene rings is 2. The van der Waals surface area contributed by atoms with Crippen LogP contribution in [0.4, 0.5) is 11.5 Å². The first-order valence-electron chi connectivity index (χ1n) is 10.6. The second-order valence-electron chi connectivity index (χ2n) is 7.73. The minimum Gasteiger partial charge on any atom is -0.321 e. The molecule has 1 aliphatic heterocycles. The Balaban J connectivity index is 1.38. The van der Waals surface area contributed by atoms with Gasteiger partial charge in [-0.2, -0.15) is 0 Å². The minimum atomic E-state index is -0.339. The van der Waals surface area contributed by atoms with Gasteiger partial charge >= 0.3 is 0 Å². The summed E-state index contributed by atoms with van der Waals surface area (Å²) in [5, 5.41) is 3.40. The largest absolute Gasteiger partial charge is 0.321 e. The van der Waals surface area contributed by atoms with Crippen molar-refractivity contribution in [3.63, 3.8) is 0 Å². The van der Waals surface area contributed by atoms with Gasteiger partial charge in [-0.1, -0.05) is 42.8 Å². The summed E-state index contributed by atoms with van der Waals surface area (Å²) < 4.78 is 0. The second kappa shape index (κ2) is 8.92. The number of nitrogens with zero attached hydrogens (tertiary/aromatic N) is 4. The lowest BCUT2D eigenvalue weighted by Crippen LogP contribution is -2.14. The van der Waals surface area contributed by atoms with Gasteiger partial charge in [-0.3, -0.25) is 9.78 Å². The molecule has 1 N–H and O–H groups in total. The van der Waals surface area contributed by atoms with Crippen molar-refractivity contribution in [2.75, 3.05) is 5.32 Å². The molecule has 3 heterocycles. The molecule has 0 atom stereocenters. The van der Waals surface area contributed by atoms with E-state index in [1.807, 2.05) is 12.3 Å². The lowest BCUT2D eigenvalue weighted by atomic mass is 10.0. The number of pyridine rings is 1. The number of fused-ring (bicyclic) bond motifs is 1. The zero-order valence-electron chi connectivity index (χ0n) is 17.9. The third kappa shape index (κ3) is 4.38. The molecule has 4 aromatic rings. The fraction of sp³-hybridized carbons (Fsp3) is 0.115. The molecule has 7 heteroatoms. The molecule has 1 amide bonds. The van der Waals surface area contributed by atoms with Gasteiger partial charge in [0.2, 0.25) is 0 Å². The van der Waals surface area contributed by atoms with Crippen LogP contribution in [0.5, 0.6) is 0 Å². The van der Waals surface area contributed by atoms with Crippen molar-refractivity contribution in [1.82, 2.24) is 15.0 Å². The molecule has 2 aromatic heterocycles. The van der Waals surface area contributed by atoms with Gasteiger partial charge in [0, 0.05) is 52.4 Å². The number of carbonyl (C=O) groups excluding carboxylic acids is 1. The maximum absolute atomic E-state index is 12.4. The quantitative estimate of drug-likeness (QED) is 0.421. The van der Waals surface area contributed by atoms with E-state index in [0.29, 0.717) is 22.9 Å². The Labute approximate surface area is 196 Å². The second-order valence-corrected chi connectivity index (χ2v) is 8.14. The van der Waals surface area contributed by atoms with E-state index in [2.05, 4.69) is 57.5 Å². The Morgan fingerprint density at radius 2 is 1.85 bits per heavy atom. The molecular formula is C26H20ClN5O. The molecule has 0 bridgehead atoms. The summed E-state index contributed by atoms with van der Waals surface area (Å²) in [5.74, 6) is 0.359. The van der Waals surface area contributed by atoms with Gasteiger partial charge in [0.05, 0.1) is 11.9 Å². The van der Waals surface area contributed by atoms with Gasteiger partial charge in [-0.25, -0.2) is 15.0 Å². The zero-order chi connectivity index (χ0) is 22.8. The number of halogens is 1. The fourth-order valence-corrected chi connectivity index (χ4v) is 3.99. The van der Waals surface area contributed by atoms with Crippen LogP contribution < -0.4 is 5.32 Å². The average molecular weight is 454 g/mol. The summed E-state index contributed by atoms with van der Waals surface area (Å²) in [6.45, 7) is 2.14. The number of carbonyl (C=O) groups is 1. The van der Waals surface area contributed by atoms with Crippen molar-refractivity contribution in [3.8, 4) is 11.1 Å². The molecular weight excluding hydrogens is 434 g/mol. The molecule has 0 saturated heterocycles. The van der Waals surface area contributed by atoms with Gasteiger partial charge in [0.25, 0.3) is 5.91 Å². The van der Waals surface area contributed by atoms with E-state index in [1.165, 1.54) is 24.2 Å². The van der Waals surface area contributed by atoms with E-state index in [-0.39, 0.29) is 11.6 Å². The number of hydrogen-bond donors (Lipinski definition) is 1. The van der Waals surface area contributed by atoms with Gasteiger partial charge in [0.15, 0.2) is 5.82 Å². The number of nitrogens with one attached hydrogen (secondary N) is 1. The summed E-state index contributed by atoms with van der Waals surface area (Å²) in [6, 6.07) is 16.0. The lowest BCUT2D eigenvalue weighted by Gasteiger charge is -2.09. The van der Waals surface area contributed by atoms with Crippen LogP contribution >= 0.6 is 11.6 Å². The number of aryl methyl sites for hydroxylation is 1. The highest BCUT2D eigenvalue weighted by Crippen LogP contribution is 2.33. The first-order valence-corrected chi connectivity index (χ1v) is 11.0. The predicted octanol–water partition coefficient (Wildman–Crippen LogP) is 5.68. The molecule has 0 saturated carbocycles. The van der Waals surface area contributed by atoms with Gasteiger partial charge in [0.1, 0.15) is 5.69 Å². The third-order valence-corrected chi connectivity index (χ3v) is 5.90. The number of aromatic nitrogens is 3. The fourth-order valence-electron chi connectivity index (χ4n) is 3.76. The Morgan fingerprint density at radius 3 is 2.61 bits per heavy atom. The van der Waals surface area contributed by atoms with Crippen LogP contribution in [-0.4, -0.2) is 26.6 Å². The van der Waals surface area contributed by atoms with Crippen LogP contribution in [-0.2, 0) is 12.8 Å². The summed E-state index contributed by atoms with van der Waals surface area (Å²) in [4.78, 5) is 29.7. The van der Waals surface area contributed by atoms with Crippen LogP contribution in [0.15, 0.2) is 78.3 Å². The third-order valence-electron chi connectivity index (χ3n) is 5.57. The first-order chi connectivity index (χ1) is 16.1. The van der Waals surface area contributed by atoms with E-state index in [1.54, 1.807) is 12.1 Å². The molecule has 33 heavy (non-hydrogen) atoms. The van der Waals surface area contributed by atoms with Gasteiger partial charge in [-0.15, -0.1) is 0 Å². The molecule has 6 nitrogen and oxygen atoms in total. The highest BCUT2D eigenvalue weighted by atomic mass is 35.5. The van der Waals surface area contributed by atoms with E-state index in [9.17, 15) is 4.79 Å². The molecule has 2 aromatic carbocycles. The summed E-state index contributed by atoms with van der Waals surface area (Å²) in [6.07, 6.45) is 7.90. The number of hydrogen-bond acceptors (Lipinski definition) is 5. The van der Waals surface area contributed by atoms with Crippen molar-refractivity contribution in [2.45, 2.75) is 19.8 Å². The minimum absolute atomic E-state index is 0.239. The van der Waals surface area contributed by atoms with Gasteiger partial charge < -0.3 is 5.32 Å². The smallest absolute Gasteiger partial charge is 0.275 e. The first kappa shape index (κ1) is 21.0. The van der Waals surface area contributed by atoms with Crippen LogP contribution in [0.3, 0.4) is 0 Å². The molecule has 0 unspecified atom stereocenters. The molecule has 162 valence electrons. The molecule has 5 rings (SSSR count). The average Bonchev–Trinajstić information content (AvgIpc) is 3.29. The predicted molar refractivity (Wildman–Crippen MR) is 130 cm³/mol. The Morgan fingerprint density at radius 1 is 1.00 bits per heavy atom. The highest BCUT2D eigenvalue weighted by Gasteiger charge is 2.21. The van der Waals surface area contributed by atoms with E-state index >= 15 is 0 Å². The summed E-state index contributed by atoms with van der Waals surface area (Å²) in [5.41, 5.74) is 6.96. The van der Waals surface area contributed by atoms with Crippen molar-refractivity contribution in [1.29, 1.82) is 0 Å². The monoisotopic (exact) mass is 453 g/mol. The Bertz CT molecular complexity index is 1370. The standard InChI is InChI=1S/C26H20ClN5O/c1-2-16-3-5-17(6-4-16)19-11-18-12-23(32-25(18)30-14-19)21-13-20(7-8-22(21)27)31-26(33)24-15-28-9-10-29-24/h3-11,13-15H,2,12H2,1H3,(H,31,33). The molecule has 1 aliphatic rings. The Hall–Kier alpha value is -3.90. The molecule has 0 radical (unpaired) electrons. The highest BCUT2D eigenvalue weighted by molar-refractivity contribution is 6.34. The molecule has 0 fully saturated rings.